The molecule has 1 amide bonds. The molecule has 0 fully saturated rings. The molecule has 0 heterocycles. The monoisotopic (exact) mass is 476 g/mol. The summed E-state index contributed by atoms with van der Waals surface area (Å²) in [6, 6.07) is 6.78. The zero-order valence-corrected chi connectivity index (χ0v) is 22.5. The fraction of sp³-hybridized carbons (Fsp3) is 0.600. The number of carbonyl (C=O) groups is 1. The molecule has 0 saturated heterocycles. The molecule has 0 aromatic heterocycles. The first-order valence-electron chi connectivity index (χ1n) is 11.2. The predicted octanol–water partition coefficient (Wildman–Crippen LogP) is 5.38. The Labute approximate surface area is 200 Å². The van der Waals surface area contributed by atoms with Crippen molar-refractivity contribution in [2.24, 2.45) is 5.16 Å². The number of hydrogen-bond donors (Lipinski definition) is 2. The number of nitrogens with zero attached hydrogens (tertiary/aromatic N) is 1. The molecule has 1 unspecified atom stereocenters. The third-order valence-electron chi connectivity index (χ3n) is 5.44. The van der Waals surface area contributed by atoms with Crippen molar-refractivity contribution in [3.8, 4) is 17.6 Å². The number of oxime groups is 1. The van der Waals surface area contributed by atoms with Gasteiger partial charge in [0.1, 0.15) is 11.4 Å². The fourth-order valence-electron chi connectivity index (χ4n) is 2.57. The predicted molar refractivity (Wildman–Crippen MR) is 135 cm³/mol. The van der Waals surface area contributed by atoms with Gasteiger partial charge in [-0.15, -0.1) is 0 Å². The van der Waals surface area contributed by atoms with E-state index in [-0.39, 0.29) is 10.7 Å². The Bertz CT molecular complexity index is 856. The van der Waals surface area contributed by atoms with Gasteiger partial charge in [0.25, 0.3) is 0 Å². The molecule has 0 spiro atoms. The van der Waals surface area contributed by atoms with E-state index in [1.807, 2.05) is 24.3 Å². The molecule has 184 valence electrons. The fourth-order valence-corrected chi connectivity index (χ4v) is 3.62. The van der Waals surface area contributed by atoms with Crippen molar-refractivity contribution in [1.29, 1.82) is 0 Å². The van der Waals surface area contributed by atoms with Gasteiger partial charge in [-0.1, -0.05) is 44.0 Å². The standard InChI is InChI=1S/C25H40N2O5Si/c1-24(2,3)32-23(28)26-22(18-19-13-15-20(30-7)16-14-19)21(27-29)12-10-11-17-31-33(8,9)25(4,5)6/h13-16,22,29H,11,17-18H2,1-9H3,(H,26,28). The molecule has 1 aromatic rings. The number of methoxy groups -OCH3 is 1. The van der Waals surface area contributed by atoms with Crippen LogP contribution in [0.4, 0.5) is 4.79 Å². The van der Waals surface area contributed by atoms with Gasteiger partial charge in [0.15, 0.2) is 14.0 Å². The van der Waals surface area contributed by atoms with E-state index in [0.717, 1.165) is 11.3 Å². The van der Waals surface area contributed by atoms with Gasteiger partial charge in [-0.2, -0.15) is 0 Å². The second kappa shape index (κ2) is 12.1. The summed E-state index contributed by atoms with van der Waals surface area (Å²) in [6.07, 6.45) is 0.260. The summed E-state index contributed by atoms with van der Waals surface area (Å²) >= 11 is 0. The molecular formula is C25H40N2O5Si. The highest BCUT2D eigenvalue weighted by molar-refractivity contribution is 6.74. The number of rotatable bonds is 8. The molecular weight excluding hydrogens is 436 g/mol. The lowest BCUT2D eigenvalue weighted by atomic mass is 10.0. The lowest BCUT2D eigenvalue weighted by molar-refractivity contribution is 0.0518. The minimum Gasteiger partial charge on any atom is -0.497 e. The van der Waals surface area contributed by atoms with Crippen molar-refractivity contribution in [2.45, 2.75) is 84.2 Å². The van der Waals surface area contributed by atoms with Crippen LogP contribution in [-0.4, -0.2) is 50.7 Å². The summed E-state index contributed by atoms with van der Waals surface area (Å²) in [6.45, 7) is 16.8. The van der Waals surface area contributed by atoms with E-state index in [2.05, 4.69) is 56.2 Å². The molecule has 1 rings (SSSR count). The Kier molecular flexibility index (Phi) is 10.5. The van der Waals surface area contributed by atoms with E-state index in [0.29, 0.717) is 19.4 Å². The van der Waals surface area contributed by atoms with Crippen LogP contribution in [0.15, 0.2) is 29.4 Å². The van der Waals surface area contributed by atoms with Crippen molar-refractivity contribution in [3.63, 3.8) is 0 Å². The summed E-state index contributed by atoms with van der Waals surface area (Å²) in [5.41, 5.74) is 0.419. The lowest BCUT2D eigenvalue weighted by Crippen LogP contribution is -2.44. The van der Waals surface area contributed by atoms with Crippen molar-refractivity contribution in [2.75, 3.05) is 13.7 Å². The molecule has 1 aromatic carbocycles. The van der Waals surface area contributed by atoms with E-state index in [1.165, 1.54) is 0 Å². The van der Waals surface area contributed by atoms with Crippen molar-refractivity contribution >= 4 is 20.1 Å². The summed E-state index contributed by atoms with van der Waals surface area (Å²) in [7, 11) is -0.247. The Balaban J connectivity index is 2.94. The lowest BCUT2D eigenvalue weighted by Gasteiger charge is -2.35. The molecule has 0 bridgehead atoms. The Hall–Kier alpha value is -2.50. The van der Waals surface area contributed by atoms with Crippen molar-refractivity contribution in [1.82, 2.24) is 5.32 Å². The van der Waals surface area contributed by atoms with E-state index in [4.69, 9.17) is 13.9 Å². The van der Waals surface area contributed by atoms with Gasteiger partial charge in [-0.3, -0.25) is 0 Å². The normalized spacial score (nSPS) is 13.5. The molecule has 0 aliphatic rings. The number of alkyl carbamates (subject to hydrolysis) is 1. The Morgan fingerprint density at radius 3 is 2.24 bits per heavy atom. The van der Waals surface area contributed by atoms with Gasteiger partial charge in [-0.25, -0.2) is 4.79 Å². The summed E-state index contributed by atoms with van der Waals surface area (Å²) in [5, 5.41) is 15.9. The Morgan fingerprint density at radius 1 is 1.15 bits per heavy atom. The average molecular weight is 477 g/mol. The highest BCUT2D eigenvalue weighted by atomic mass is 28.4. The summed E-state index contributed by atoms with van der Waals surface area (Å²) < 4.78 is 16.7. The molecule has 7 nitrogen and oxygen atoms in total. The Morgan fingerprint density at radius 2 is 1.76 bits per heavy atom. The van der Waals surface area contributed by atoms with E-state index in [9.17, 15) is 10.0 Å². The largest absolute Gasteiger partial charge is 0.497 e. The quantitative estimate of drug-likeness (QED) is 0.131. The van der Waals surface area contributed by atoms with Gasteiger partial charge in [0.05, 0.1) is 13.2 Å². The van der Waals surface area contributed by atoms with Crippen molar-refractivity contribution < 1.29 is 23.9 Å². The second-order valence-electron chi connectivity index (χ2n) is 10.4. The molecule has 0 aliphatic heterocycles. The van der Waals surface area contributed by atoms with Crippen LogP contribution in [-0.2, 0) is 15.6 Å². The van der Waals surface area contributed by atoms with Crippen LogP contribution in [0.1, 0.15) is 53.5 Å². The number of carbonyl (C=O) groups excluding carboxylic acids is 1. The first-order chi connectivity index (χ1) is 15.2. The summed E-state index contributed by atoms with van der Waals surface area (Å²) in [4.78, 5) is 12.4. The maximum atomic E-state index is 12.4. The van der Waals surface area contributed by atoms with Crippen LogP contribution in [0.5, 0.6) is 5.75 Å². The van der Waals surface area contributed by atoms with Gasteiger partial charge >= 0.3 is 6.09 Å². The minimum absolute atomic E-state index is 0.124. The van der Waals surface area contributed by atoms with Crippen LogP contribution in [0.25, 0.3) is 0 Å². The van der Waals surface area contributed by atoms with Crippen LogP contribution >= 0.6 is 0 Å². The first-order valence-corrected chi connectivity index (χ1v) is 14.1. The zero-order valence-electron chi connectivity index (χ0n) is 21.5. The molecule has 0 aliphatic carbocycles. The molecule has 1 atom stereocenters. The van der Waals surface area contributed by atoms with Gasteiger partial charge in [0.2, 0.25) is 0 Å². The number of benzene rings is 1. The minimum atomic E-state index is -1.85. The maximum absolute atomic E-state index is 12.4. The molecule has 33 heavy (non-hydrogen) atoms. The van der Waals surface area contributed by atoms with Gasteiger partial charge in [0, 0.05) is 13.0 Å². The highest BCUT2D eigenvalue weighted by Gasteiger charge is 2.36. The summed E-state index contributed by atoms with van der Waals surface area (Å²) in [5.74, 6) is 6.64. The smallest absolute Gasteiger partial charge is 0.408 e. The van der Waals surface area contributed by atoms with E-state index >= 15 is 0 Å². The molecule has 0 saturated carbocycles. The van der Waals surface area contributed by atoms with Crippen molar-refractivity contribution in [3.05, 3.63) is 29.8 Å². The van der Waals surface area contributed by atoms with E-state index in [1.54, 1.807) is 27.9 Å². The van der Waals surface area contributed by atoms with Crippen LogP contribution in [0.3, 0.4) is 0 Å². The first kappa shape index (κ1) is 28.5. The SMILES string of the molecule is COc1ccc(CC(NC(=O)OC(C)(C)C)C(C#CCCO[Si](C)(C)C(C)(C)C)=NO)cc1. The number of nitrogens with one attached hydrogen (secondary N) is 1. The molecule has 8 heteroatoms. The van der Waals surface area contributed by atoms with Gasteiger partial charge in [-0.05, 0) is 68.9 Å². The number of ether oxygens (including phenoxy) is 2. The van der Waals surface area contributed by atoms with Crippen LogP contribution in [0, 0.1) is 11.8 Å². The third-order valence-corrected chi connectivity index (χ3v) is 9.98. The second-order valence-corrected chi connectivity index (χ2v) is 15.2. The van der Waals surface area contributed by atoms with Crippen LogP contribution < -0.4 is 10.1 Å². The van der Waals surface area contributed by atoms with Crippen LogP contribution in [0.2, 0.25) is 18.1 Å². The number of hydrogen-bond acceptors (Lipinski definition) is 6. The topological polar surface area (TPSA) is 89.4 Å². The zero-order chi connectivity index (χ0) is 25.3. The third kappa shape index (κ3) is 10.3. The number of amides is 1. The molecule has 2 N–H and O–H groups in total. The maximum Gasteiger partial charge on any atom is 0.408 e. The molecule has 0 radical (unpaired) electrons. The highest BCUT2D eigenvalue weighted by Crippen LogP contribution is 2.36. The van der Waals surface area contributed by atoms with Gasteiger partial charge < -0.3 is 24.4 Å². The average Bonchev–Trinajstić information content (AvgIpc) is 2.68. The van der Waals surface area contributed by atoms with E-state index < -0.39 is 26.1 Å².